The lowest BCUT2D eigenvalue weighted by atomic mass is 10.1. The first-order chi connectivity index (χ1) is 8.69. The Labute approximate surface area is 107 Å². The van der Waals surface area contributed by atoms with E-state index in [1.54, 1.807) is 12.3 Å². The van der Waals surface area contributed by atoms with Crippen molar-refractivity contribution in [2.75, 3.05) is 32.6 Å². The van der Waals surface area contributed by atoms with E-state index in [9.17, 15) is 4.79 Å². The molecule has 1 aromatic heterocycles. The summed E-state index contributed by atoms with van der Waals surface area (Å²) in [6.07, 6.45) is 3.98. The molecule has 1 saturated heterocycles. The molecule has 1 N–H and O–H groups in total. The molecule has 0 radical (unpaired) electrons. The topological polar surface area (TPSA) is 54.5 Å². The van der Waals surface area contributed by atoms with E-state index in [0.717, 1.165) is 25.2 Å². The van der Waals surface area contributed by atoms with Crippen molar-refractivity contribution in [2.24, 2.45) is 0 Å². The minimum atomic E-state index is -0.403. The van der Waals surface area contributed by atoms with Gasteiger partial charge in [-0.15, -0.1) is 0 Å². The molecular formula is C13H19N3O2. The van der Waals surface area contributed by atoms with Crippen LogP contribution >= 0.6 is 0 Å². The summed E-state index contributed by atoms with van der Waals surface area (Å²) >= 11 is 0. The summed E-state index contributed by atoms with van der Waals surface area (Å²) in [4.78, 5) is 17.7. The predicted molar refractivity (Wildman–Crippen MR) is 69.7 cm³/mol. The Morgan fingerprint density at radius 1 is 1.61 bits per heavy atom. The number of rotatable bonds is 3. The number of pyridine rings is 1. The number of nitrogens with zero attached hydrogens (tertiary/aromatic N) is 2. The lowest BCUT2D eigenvalue weighted by Crippen LogP contribution is -2.39. The zero-order valence-electron chi connectivity index (χ0n) is 10.8. The number of carbonyl (C=O) groups is 1. The van der Waals surface area contributed by atoms with Gasteiger partial charge in [0, 0.05) is 24.5 Å². The van der Waals surface area contributed by atoms with E-state index in [1.807, 2.05) is 6.07 Å². The lowest BCUT2D eigenvalue weighted by Gasteiger charge is -2.30. The Morgan fingerprint density at radius 2 is 2.44 bits per heavy atom. The molecule has 1 unspecified atom stereocenters. The number of likely N-dealkylation sites (tertiary alicyclic amines) is 1. The molecule has 0 bridgehead atoms. The maximum Gasteiger partial charge on any atom is 0.356 e. The third kappa shape index (κ3) is 3.20. The predicted octanol–water partition coefficient (Wildman–Crippen LogP) is 1.37. The molecule has 5 heteroatoms. The number of nitrogens with one attached hydrogen (secondary N) is 1. The first-order valence-corrected chi connectivity index (χ1v) is 6.18. The van der Waals surface area contributed by atoms with Gasteiger partial charge in [-0.2, -0.15) is 0 Å². The molecule has 1 aliphatic heterocycles. The van der Waals surface area contributed by atoms with Crippen molar-refractivity contribution in [1.82, 2.24) is 9.88 Å². The van der Waals surface area contributed by atoms with Crippen LogP contribution in [0.4, 0.5) is 5.69 Å². The molecule has 0 aliphatic carbocycles. The molecule has 0 aromatic carbocycles. The molecule has 1 atom stereocenters. The largest absolute Gasteiger partial charge is 0.464 e. The maximum absolute atomic E-state index is 11.4. The van der Waals surface area contributed by atoms with Gasteiger partial charge in [0.2, 0.25) is 0 Å². The van der Waals surface area contributed by atoms with Gasteiger partial charge >= 0.3 is 5.97 Å². The average molecular weight is 249 g/mol. The second kappa shape index (κ2) is 5.82. The second-order valence-electron chi connectivity index (χ2n) is 4.67. The summed E-state index contributed by atoms with van der Waals surface area (Å²) in [6, 6.07) is 4.04. The smallest absolute Gasteiger partial charge is 0.356 e. The van der Waals surface area contributed by atoms with E-state index in [1.165, 1.54) is 13.5 Å². The van der Waals surface area contributed by atoms with Gasteiger partial charge in [-0.05, 0) is 38.6 Å². The summed E-state index contributed by atoms with van der Waals surface area (Å²) in [6.45, 7) is 2.18. The van der Waals surface area contributed by atoms with Gasteiger partial charge in [-0.3, -0.25) is 0 Å². The summed E-state index contributed by atoms with van der Waals surface area (Å²) < 4.78 is 4.66. The molecule has 1 aliphatic rings. The van der Waals surface area contributed by atoms with Crippen LogP contribution in [0, 0.1) is 0 Å². The molecule has 1 aromatic rings. The van der Waals surface area contributed by atoms with Gasteiger partial charge in [0.25, 0.3) is 0 Å². The molecule has 18 heavy (non-hydrogen) atoms. The number of piperidine rings is 1. The van der Waals surface area contributed by atoms with Gasteiger partial charge in [0.15, 0.2) is 0 Å². The van der Waals surface area contributed by atoms with E-state index in [4.69, 9.17) is 0 Å². The number of carbonyl (C=O) groups excluding carboxylic acids is 1. The van der Waals surface area contributed by atoms with Crippen LogP contribution in [0.2, 0.25) is 0 Å². The van der Waals surface area contributed by atoms with Gasteiger partial charge in [0.05, 0.1) is 7.11 Å². The molecule has 2 rings (SSSR count). The van der Waals surface area contributed by atoms with E-state index in [2.05, 4.69) is 27.0 Å². The number of hydrogen-bond acceptors (Lipinski definition) is 5. The van der Waals surface area contributed by atoms with Crippen molar-refractivity contribution in [1.29, 1.82) is 0 Å². The molecule has 98 valence electrons. The van der Waals surface area contributed by atoms with Crippen molar-refractivity contribution in [3.63, 3.8) is 0 Å². The Morgan fingerprint density at radius 3 is 3.17 bits per heavy atom. The summed E-state index contributed by atoms with van der Waals surface area (Å²) in [7, 11) is 3.49. The Hall–Kier alpha value is -1.62. The highest BCUT2D eigenvalue weighted by molar-refractivity contribution is 5.88. The van der Waals surface area contributed by atoms with Crippen LogP contribution in [0.5, 0.6) is 0 Å². The Balaban J connectivity index is 2.02. The number of methoxy groups -OCH3 is 1. The van der Waals surface area contributed by atoms with Gasteiger partial charge < -0.3 is 15.0 Å². The summed E-state index contributed by atoms with van der Waals surface area (Å²) in [5.74, 6) is -0.403. The number of hydrogen-bond donors (Lipinski definition) is 1. The summed E-state index contributed by atoms with van der Waals surface area (Å²) in [5, 5.41) is 3.44. The minimum absolute atomic E-state index is 0.340. The first-order valence-electron chi connectivity index (χ1n) is 6.18. The van der Waals surface area contributed by atoms with Crippen molar-refractivity contribution < 1.29 is 9.53 Å². The standard InChI is InChI=1S/C13H19N3O2/c1-16-7-3-4-11(9-16)15-10-5-6-14-12(8-10)13(17)18-2/h5-6,8,11H,3-4,7,9H2,1-2H3,(H,14,15). The van der Waals surface area contributed by atoms with Crippen LogP contribution in [0.25, 0.3) is 0 Å². The van der Waals surface area contributed by atoms with Crippen molar-refractivity contribution >= 4 is 11.7 Å². The highest BCUT2D eigenvalue weighted by Crippen LogP contribution is 2.15. The number of ether oxygens (including phenoxy) is 1. The van der Waals surface area contributed by atoms with Crippen LogP contribution in [0.1, 0.15) is 23.3 Å². The second-order valence-corrected chi connectivity index (χ2v) is 4.67. The quantitative estimate of drug-likeness (QED) is 0.820. The number of likely N-dealkylation sites (N-methyl/N-ethyl adjacent to an activating group) is 1. The normalized spacial score (nSPS) is 20.4. The fourth-order valence-electron chi connectivity index (χ4n) is 2.26. The van der Waals surface area contributed by atoms with E-state index in [0.29, 0.717) is 11.7 Å². The molecule has 0 saturated carbocycles. The maximum atomic E-state index is 11.4. The third-order valence-corrected chi connectivity index (χ3v) is 3.15. The Bertz CT molecular complexity index is 422. The van der Waals surface area contributed by atoms with Crippen molar-refractivity contribution in [2.45, 2.75) is 18.9 Å². The Kier molecular flexibility index (Phi) is 4.15. The average Bonchev–Trinajstić information content (AvgIpc) is 2.38. The van der Waals surface area contributed by atoms with Crippen LogP contribution in [0.15, 0.2) is 18.3 Å². The monoisotopic (exact) mass is 249 g/mol. The van der Waals surface area contributed by atoms with Gasteiger partial charge in [0.1, 0.15) is 5.69 Å². The third-order valence-electron chi connectivity index (χ3n) is 3.15. The SMILES string of the molecule is COC(=O)c1cc(NC2CCCN(C)C2)ccn1. The number of anilines is 1. The molecule has 0 amide bonds. The zero-order valence-corrected chi connectivity index (χ0v) is 10.8. The van der Waals surface area contributed by atoms with Crippen LogP contribution in [0.3, 0.4) is 0 Å². The first kappa shape index (κ1) is 12.8. The van der Waals surface area contributed by atoms with Gasteiger partial charge in [-0.1, -0.05) is 0 Å². The fourth-order valence-corrected chi connectivity index (χ4v) is 2.26. The number of esters is 1. The highest BCUT2D eigenvalue weighted by atomic mass is 16.5. The minimum Gasteiger partial charge on any atom is -0.464 e. The molecule has 2 heterocycles. The van der Waals surface area contributed by atoms with E-state index < -0.39 is 5.97 Å². The lowest BCUT2D eigenvalue weighted by molar-refractivity contribution is 0.0594. The van der Waals surface area contributed by atoms with Gasteiger partial charge in [-0.25, -0.2) is 9.78 Å². The summed E-state index contributed by atoms with van der Waals surface area (Å²) in [5.41, 5.74) is 1.26. The van der Waals surface area contributed by atoms with Crippen molar-refractivity contribution in [3.8, 4) is 0 Å². The molecular weight excluding hydrogens is 230 g/mol. The van der Waals surface area contributed by atoms with Crippen molar-refractivity contribution in [3.05, 3.63) is 24.0 Å². The number of aromatic nitrogens is 1. The van der Waals surface area contributed by atoms with Crippen LogP contribution in [-0.4, -0.2) is 49.1 Å². The fraction of sp³-hybridized carbons (Fsp3) is 0.538. The molecule has 5 nitrogen and oxygen atoms in total. The molecule has 0 spiro atoms. The zero-order chi connectivity index (χ0) is 13.0. The van der Waals surface area contributed by atoms with Crippen LogP contribution < -0.4 is 5.32 Å². The van der Waals surface area contributed by atoms with E-state index >= 15 is 0 Å². The highest BCUT2D eigenvalue weighted by Gasteiger charge is 2.17. The molecule has 1 fully saturated rings. The van der Waals surface area contributed by atoms with Crippen LogP contribution in [-0.2, 0) is 4.74 Å². The van der Waals surface area contributed by atoms with E-state index in [-0.39, 0.29) is 0 Å².